The van der Waals surface area contributed by atoms with Gasteiger partial charge in [-0.1, -0.05) is 12.1 Å². The lowest BCUT2D eigenvalue weighted by molar-refractivity contribution is -0.175. The molecule has 24 heavy (non-hydrogen) atoms. The van der Waals surface area contributed by atoms with Crippen LogP contribution >= 0.6 is 0 Å². The quantitative estimate of drug-likeness (QED) is 0.409. The lowest BCUT2D eigenvalue weighted by atomic mass is 9.78. The largest absolute Gasteiger partial charge is 0.508 e. The second kappa shape index (κ2) is 7.16. The predicted octanol–water partition coefficient (Wildman–Crippen LogP) is -0.859. The van der Waals surface area contributed by atoms with Crippen LogP contribution in [0.3, 0.4) is 0 Å². The maximum absolute atomic E-state index is 12.0. The van der Waals surface area contributed by atoms with Crippen molar-refractivity contribution >= 4 is 11.9 Å². The molecule has 1 aliphatic carbocycles. The second-order valence-electron chi connectivity index (χ2n) is 6.14. The molecule has 8 heteroatoms. The van der Waals surface area contributed by atoms with E-state index in [1.165, 1.54) is 12.1 Å². The molecule has 0 aliphatic heterocycles. The number of carboxylic acids is 1. The number of phenols is 1. The molecule has 1 amide bonds. The molecule has 6 N–H and O–H groups in total. The number of aromatic hydroxyl groups is 1. The van der Waals surface area contributed by atoms with Crippen molar-refractivity contribution in [1.82, 2.24) is 5.32 Å². The van der Waals surface area contributed by atoms with E-state index in [4.69, 9.17) is 5.11 Å². The average molecular weight is 339 g/mol. The minimum Gasteiger partial charge on any atom is -0.508 e. The minimum atomic E-state index is -2.19. The Morgan fingerprint density at radius 2 is 1.79 bits per heavy atom. The highest BCUT2D eigenvalue weighted by atomic mass is 16.4. The smallest absolute Gasteiger partial charge is 0.335 e. The van der Waals surface area contributed by atoms with Crippen LogP contribution in [-0.2, 0) is 16.0 Å². The Morgan fingerprint density at radius 3 is 2.38 bits per heavy atom. The number of aliphatic hydroxyl groups is 3. The van der Waals surface area contributed by atoms with Gasteiger partial charge in [0.15, 0.2) is 5.60 Å². The lowest BCUT2D eigenvalue weighted by Crippen LogP contribution is -2.61. The number of amides is 1. The maximum atomic E-state index is 12.0. The van der Waals surface area contributed by atoms with Crippen molar-refractivity contribution in [2.24, 2.45) is 0 Å². The van der Waals surface area contributed by atoms with Crippen LogP contribution in [0.2, 0.25) is 0 Å². The summed E-state index contributed by atoms with van der Waals surface area (Å²) in [7, 11) is 0. The Morgan fingerprint density at radius 1 is 1.17 bits per heavy atom. The highest BCUT2D eigenvalue weighted by molar-refractivity contribution is 5.79. The van der Waals surface area contributed by atoms with Gasteiger partial charge < -0.3 is 30.8 Å². The molecular formula is C16H21NO7. The zero-order valence-electron chi connectivity index (χ0n) is 12.9. The molecule has 1 saturated carbocycles. The minimum absolute atomic E-state index is 0.0790. The number of carbonyl (C=O) groups is 2. The number of phenolic OH excluding ortho intramolecular Hbond substituents is 1. The Labute approximate surface area is 138 Å². The molecule has 2 rings (SSSR count). The van der Waals surface area contributed by atoms with Gasteiger partial charge in [-0.2, -0.15) is 0 Å². The topological polar surface area (TPSA) is 147 Å². The van der Waals surface area contributed by atoms with Crippen molar-refractivity contribution in [2.45, 2.75) is 49.5 Å². The van der Waals surface area contributed by atoms with Crippen molar-refractivity contribution in [3.63, 3.8) is 0 Å². The summed E-state index contributed by atoms with van der Waals surface area (Å²) in [4.78, 5) is 23.1. The van der Waals surface area contributed by atoms with Gasteiger partial charge in [0.1, 0.15) is 11.9 Å². The van der Waals surface area contributed by atoms with Crippen LogP contribution in [0.25, 0.3) is 0 Å². The number of rotatable bonds is 5. The number of benzene rings is 1. The molecule has 1 aliphatic rings. The SMILES string of the molecule is O=C(CCc1ccc(O)cc1)N[C@H]1C[C@](O)(C(=O)O)C[C@@H](O)[C@H]1O. The fourth-order valence-electron chi connectivity index (χ4n) is 2.81. The van der Waals surface area contributed by atoms with Gasteiger partial charge in [-0.05, 0) is 24.1 Å². The Balaban J connectivity index is 1.93. The van der Waals surface area contributed by atoms with Crippen molar-refractivity contribution in [1.29, 1.82) is 0 Å². The summed E-state index contributed by atoms with van der Waals surface area (Å²) in [6.07, 6.45) is -3.20. The normalized spacial score (nSPS) is 29.9. The highest BCUT2D eigenvalue weighted by Crippen LogP contribution is 2.29. The molecule has 0 spiro atoms. The van der Waals surface area contributed by atoms with Crippen molar-refractivity contribution in [3.05, 3.63) is 29.8 Å². The summed E-state index contributed by atoms with van der Waals surface area (Å²) in [6.45, 7) is 0. The third kappa shape index (κ3) is 4.22. The lowest BCUT2D eigenvalue weighted by Gasteiger charge is -2.40. The van der Waals surface area contributed by atoms with Gasteiger partial charge in [0, 0.05) is 19.3 Å². The Hall–Kier alpha value is -2.16. The van der Waals surface area contributed by atoms with E-state index in [2.05, 4.69) is 5.32 Å². The van der Waals surface area contributed by atoms with E-state index < -0.39 is 42.1 Å². The van der Waals surface area contributed by atoms with Gasteiger partial charge in [-0.25, -0.2) is 4.79 Å². The van der Waals surface area contributed by atoms with Gasteiger partial charge in [0.2, 0.25) is 5.91 Å². The summed E-state index contributed by atoms with van der Waals surface area (Å²) in [5.74, 6) is -1.82. The van der Waals surface area contributed by atoms with Crippen molar-refractivity contribution in [3.8, 4) is 5.75 Å². The van der Waals surface area contributed by atoms with Crippen molar-refractivity contribution < 1.29 is 35.1 Å². The van der Waals surface area contributed by atoms with E-state index in [0.29, 0.717) is 6.42 Å². The van der Waals surface area contributed by atoms with Gasteiger partial charge >= 0.3 is 5.97 Å². The summed E-state index contributed by atoms with van der Waals surface area (Å²) in [5.41, 5.74) is -1.36. The molecular weight excluding hydrogens is 318 g/mol. The second-order valence-corrected chi connectivity index (χ2v) is 6.14. The first-order valence-electron chi connectivity index (χ1n) is 7.60. The van der Waals surface area contributed by atoms with E-state index >= 15 is 0 Å². The van der Waals surface area contributed by atoms with Crippen LogP contribution in [0.4, 0.5) is 0 Å². The highest BCUT2D eigenvalue weighted by Gasteiger charge is 2.49. The van der Waals surface area contributed by atoms with Crippen LogP contribution in [0.1, 0.15) is 24.8 Å². The van der Waals surface area contributed by atoms with Crippen LogP contribution in [0.5, 0.6) is 5.75 Å². The molecule has 0 bridgehead atoms. The summed E-state index contributed by atoms with van der Waals surface area (Å²) in [6, 6.07) is 5.29. The number of carbonyl (C=O) groups excluding carboxylic acids is 1. The Kier molecular flexibility index (Phi) is 5.43. The molecule has 0 aromatic heterocycles. The van der Waals surface area contributed by atoms with Crippen LogP contribution < -0.4 is 5.32 Å². The molecule has 0 heterocycles. The molecule has 8 nitrogen and oxygen atoms in total. The first-order chi connectivity index (χ1) is 11.2. The third-order valence-corrected chi connectivity index (χ3v) is 4.23. The molecule has 1 fully saturated rings. The van der Waals surface area contributed by atoms with Crippen LogP contribution in [0, 0.1) is 0 Å². The first kappa shape index (κ1) is 18.2. The zero-order chi connectivity index (χ0) is 17.9. The van der Waals surface area contributed by atoms with Crippen molar-refractivity contribution in [2.75, 3.05) is 0 Å². The standard InChI is InChI=1S/C16H21NO7/c18-10-4-1-9(2-5-10)3-6-13(20)17-11-7-16(24,15(22)23)8-12(19)14(11)21/h1-2,4-5,11-12,14,18-19,21,24H,3,6-8H2,(H,17,20)(H,22,23)/t11-,12+,14-,16+/m0/s1. The fourth-order valence-corrected chi connectivity index (χ4v) is 2.81. The van der Waals surface area contributed by atoms with Gasteiger partial charge in [0.25, 0.3) is 0 Å². The summed E-state index contributed by atoms with van der Waals surface area (Å²) in [5, 5.41) is 50.4. The van der Waals surface area contributed by atoms with Gasteiger partial charge in [-0.15, -0.1) is 0 Å². The zero-order valence-corrected chi connectivity index (χ0v) is 12.9. The monoisotopic (exact) mass is 339 g/mol. The van der Waals surface area contributed by atoms with Crippen LogP contribution in [0.15, 0.2) is 24.3 Å². The molecule has 0 radical (unpaired) electrons. The molecule has 4 atom stereocenters. The molecule has 1 aromatic rings. The average Bonchev–Trinajstić information content (AvgIpc) is 2.51. The summed E-state index contributed by atoms with van der Waals surface area (Å²) < 4.78 is 0. The third-order valence-electron chi connectivity index (χ3n) is 4.23. The number of hydrogen-bond acceptors (Lipinski definition) is 6. The molecule has 0 unspecified atom stereocenters. The number of aliphatic carboxylic acids is 1. The molecule has 0 saturated heterocycles. The number of aliphatic hydroxyl groups excluding tert-OH is 2. The predicted molar refractivity (Wildman–Crippen MR) is 82.2 cm³/mol. The first-order valence-corrected chi connectivity index (χ1v) is 7.60. The summed E-state index contributed by atoms with van der Waals surface area (Å²) >= 11 is 0. The fraction of sp³-hybridized carbons (Fsp3) is 0.500. The van der Waals surface area contributed by atoms with E-state index in [9.17, 15) is 30.0 Å². The van der Waals surface area contributed by atoms with Crippen LogP contribution in [-0.4, -0.2) is 61.3 Å². The van der Waals surface area contributed by atoms with E-state index in [1.54, 1.807) is 12.1 Å². The van der Waals surface area contributed by atoms with E-state index in [1.807, 2.05) is 0 Å². The molecule has 1 aromatic carbocycles. The molecule has 132 valence electrons. The maximum Gasteiger partial charge on any atom is 0.335 e. The number of aryl methyl sites for hydroxylation is 1. The Bertz CT molecular complexity index is 603. The number of nitrogens with one attached hydrogen (secondary N) is 1. The van der Waals surface area contributed by atoms with Gasteiger partial charge in [-0.3, -0.25) is 4.79 Å². The van der Waals surface area contributed by atoms with E-state index in [-0.39, 0.29) is 18.6 Å². The number of carboxylic acid groups (broad SMARTS) is 1. The van der Waals surface area contributed by atoms with E-state index in [0.717, 1.165) is 5.56 Å². The van der Waals surface area contributed by atoms with Gasteiger partial charge in [0.05, 0.1) is 12.1 Å². The number of hydrogen-bond donors (Lipinski definition) is 6.